The monoisotopic (exact) mass is 285 g/mol. The van der Waals surface area contributed by atoms with E-state index in [1.165, 1.54) is 0 Å². The Hall–Kier alpha value is -0.870. The van der Waals surface area contributed by atoms with E-state index in [1.807, 2.05) is 34.9 Å². The van der Waals surface area contributed by atoms with Crippen molar-refractivity contribution in [2.45, 2.75) is 24.6 Å². The minimum absolute atomic E-state index is 0.0261. The molecule has 0 amide bonds. The molecule has 1 heterocycles. The lowest BCUT2D eigenvalue weighted by molar-refractivity contribution is -0.135. The van der Waals surface area contributed by atoms with Gasteiger partial charge in [0.15, 0.2) is 0 Å². The topological polar surface area (TPSA) is 40.5 Å². The number of nitrogens with zero attached hydrogens (tertiary/aromatic N) is 1. The molecule has 0 spiro atoms. The van der Waals surface area contributed by atoms with Gasteiger partial charge < -0.3 is 10.0 Å². The fourth-order valence-corrected chi connectivity index (χ4v) is 3.65. The second kappa shape index (κ2) is 5.85. The molecule has 1 aliphatic rings. The van der Waals surface area contributed by atoms with Crippen molar-refractivity contribution in [3.63, 3.8) is 0 Å². The highest BCUT2D eigenvalue weighted by atomic mass is 35.5. The van der Waals surface area contributed by atoms with Gasteiger partial charge in [-0.3, -0.25) is 4.79 Å². The maximum Gasteiger partial charge on any atom is 0.323 e. The Morgan fingerprint density at radius 3 is 2.94 bits per heavy atom. The zero-order chi connectivity index (χ0) is 13.1. The Morgan fingerprint density at radius 1 is 1.61 bits per heavy atom. The molecule has 2 atom stereocenters. The first kappa shape index (κ1) is 13.6. The lowest BCUT2D eigenvalue weighted by atomic mass is 10.1. The van der Waals surface area contributed by atoms with Gasteiger partial charge in [-0.2, -0.15) is 11.8 Å². The molecule has 0 aliphatic carbocycles. The molecule has 2 unspecified atom stereocenters. The van der Waals surface area contributed by atoms with Crippen LogP contribution in [0.2, 0.25) is 5.02 Å². The van der Waals surface area contributed by atoms with Gasteiger partial charge in [-0.05, 0) is 24.6 Å². The van der Waals surface area contributed by atoms with Gasteiger partial charge in [-0.1, -0.05) is 24.6 Å². The van der Waals surface area contributed by atoms with Crippen LogP contribution in [0.3, 0.4) is 0 Å². The summed E-state index contributed by atoms with van der Waals surface area (Å²) in [6.45, 7) is 2.21. The summed E-state index contributed by atoms with van der Waals surface area (Å²) in [5.74, 6) is 0.167. The molecule has 5 heteroatoms. The Balaban J connectivity index is 2.22. The number of rotatable bonds is 4. The van der Waals surface area contributed by atoms with Crippen molar-refractivity contribution in [3.8, 4) is 0 Å². The summed E-state index contributed by atoms with van der Waals surface area (Å²) in [5, 5.41) is 10.3. The van der Waals surface area contributed by atoms with Crippen molar-refractivity contribution in [3.05, 3.63) is 29.3 Å². The minimum atomic E-state index is -0.806. The van der Waals surface area contributed by atoms with Crippen LogP contribution in [0.4, 0.5) is 5.69 Å². The van der Waals surface area contributed by atoms with Crippen molar-refractivity contribution in [1.82, 2.24) is 0 Å². The zero-order valence-corrected chi connectivity index (χ0v) is 11.7. The maximum absolute atomic E-state index is 11.0. The third kappa shape index (κ3) is 3.33. The number of hydrogen-bond donors (Lipinski definition) is 1. The summed E-state index contributed by atoms with van der Waals surface area (Å²) in [6.07, 6.45) is 1.02. The highest BCUT2D eigenvalue weighted by molar-refractivity contribution is 8.00. The van der Waals surface area contributed by atoms with E-state index in [9.17, 15) is 4.79 Å². The summed E-state index contributed by atoms with van der Waals surface area (Å²) >= 11 is 7.87. The second-order valence-corrected chi connectivity index (χ2v) is 6.44. The SMILES string of the molecule is CC1CC(N(CC(=O)O)c2cccc(Cl)c2)CS1. The molecule has 1 aliphatic heterocycles. The van der Waals surface area contributed by atoms with E-state index in [-0.39, 0.29) is 12.6 Å². The number of hydrogen-bond acceptors (Lipinski definition) is 3. The normalized spacial score (nSPS) is 23.0. The molecule has 0 saturated carbocycles. The van der Waals surface area contributed by atoms with Crippen molar-refractivity contribution < 1.29 is 9.90 Å². The molecule has 3 nitrogen and oxygen atoms in total. The highest BCUT2D eigenvalue weighted by Crippen LogP contribution is 2.32. The third-order valence-corrected chi connectivity index (χ3v) is 4.64. The first-order valence-electron chi connectivity index (χ1n) is 5.92. The van der Waals surface area contributed by atoms with Crippen LogP contribution in [0.15, 0.2) is 24.3 Å². The number of benzene rings is 1. The molecular weight excluding hydrogens is 270 g/mol. The highest BCUT2D eigenvalue weighted by Gasteiger charge is 2.28. The largest absolute Gasteiger partial charge is 0.480 e. The van der Waals surface area contributed by atoms with Crippen LogP contribution >= 0.6 is 23.4 Å². The third-order valence-electron chi connectivity index (χ3n) is 3.06. The van der Waals surface area contributed by atoms with Crippen molar-refractivity contribution in [2.75, 3.05) is 17.2 Å². The first-order valence-corrected chi connectivity index (χ1v) is 7.34. The fraction of sp³-hybridized carbons (Fsp3) is 0.462. The Labute approximate surface area is 116 Å². The summed E-state index contributed by atoms with van der Waals surface area (Å²) in [4.78, 5) is 13.0. The molecule has 98 valence electrons. The molecule has 18 heavy (non-hydrogen) atoms. The Morgan fingerprint density at radius 2 is 2.39 bits per heavy atom. The van der Waals surface area contributed by atoms with Crippen LogP contribution in [-0.4, -0.2) is 34.7 Å². The van der Waals surface area contributed by atoms with Gasteiger partial charge in [0.2, 0.25) is 0 Å². The van der Waals surface area contributed by atoms with E-state index in [2.05, 4.69) is 6.92 Å². The zero-order valence-electron chi connectivity index (χ0n) is 10.2. The number of carbonyl (C=O) groups is 1. The molecule has 0 bridgehead atoms. The quantitative estimate of drug-likeness (QED) is 0.923. The molecule has 1 aromatic rings. The number of aliphatic carboxylic acids is 1. The lowest BCUT2D eigenvalue weighted by Crippen LogP contribution is -2.39. The van der Waals surface area contributed by atoms with Crippen LogP contribution < -0.4 is 4.90 Å². The van der Waals surface area contributed by atoms with Gasteiger partial charge in [-0.15, -0.1) is 0 Å². The summed E-state index contributed by atoms with van der Waals surface area (Å²) in [7, 11) is 0. The number of carboxylic acids is 1. The Bertz CT molecular complexity index is 441. The first-order chi connectivity index (χ1) is 8.56. The van der Waals surface area contributed by atoms with Crippen molar-refractivity contribution in [1.29, 1.82) is 0 Å². The number of anilines is 1. The van der Waals surface area contributed by atoms with Crippen molar-refractivity contribution >= 4 is 35.0 Å². The second-order valence-electron chi connectivity index (χ2n) is 4.53. The van der Waals surface area contributed by atoms with Crippen LogP contribution in [0, 0.1) is 0 Å². The van der Waals surface area contributed by atoms with Gasteiger partial charge in [0.25, 0.3) is 0 Å². The van der Waals surface area contributed by atoms with Gasteiger partial charge in [-0.25, -0.2) is 0 Å². The number of thioether (sulfide) groups is 1. The molecule has 1 saturated heterocycles. The smallest absolute Gasteiger partial charge is 0.323 e. The minimum Gasteiger partial charge on any atom is -0.480 e. The van der Waals surface area contributed by atoms with Crippen LogP contribution in [0.1, 0.15) is 13.3 Å². The fourth-order valence-electron chi connectivity index (χ4n) is 2.24. The van der Waals surface area contributed by atoms with E-state index >= 15 is 0 Å². The molecule has 1 N–H and O–H groups in total. The van der Waals surface area contributed by atoms with E-state index in [4.69, 9.17) is 16.7 Å². The standard InChI is InChI=1S/C13H16ClNO2S/c1-9-5-12(8-18-9)15(7-13(16)17)11-4-2-3-10(14)6-11/h2-4,6,9,12H,5,7-8H2,1H3,(H,16,17). The van der Waals surface area contributed by atoms with Gasteiger partial charge >= 0.3 is 5.97 Å². The molecule has 0 aromatic heterocycles. The Kier molecular flexibility index (Phi) is 4.40. The van der Waals surface area contributed by atoms with E-state index in [0.29, 0.717) is 10.3 Å². The van der Waals surface area contributed by atoms with E-state index in [1.54, 1.807) is 6.07 Å². The van der Waals surface area contributed by atoms with Gasteiger partial charge in [0.05, 0.1) is 0 Å². The molecule has 2 rings (SSSR count). The summed E-state index contributed by atoms with van der Waals surface area (Å²) in [6, 6.07) is 7.69. The maximum atomic E-state index is 11.0. The van der Waals surface area contributed by atoms with E-state index in [0.717, 1.165) is 17.9 Å². The van der Waals surface area contributed by atoms with Gasteiger partial charge in [0, 0.05) is 27.8 Å². The predicted octanol–water partition coefficient (Wildman–Crippen LogP) is 3.13. The lowest BCUT2D eigenvalue weighted by Gasteiger charge is -2.29. The predicted molar refractivity (Wildman–Crippen MR) is 76.8 cm³/mol. The molecular formula is C13H16ClNO2S. The average Bonchev–Trinajstić information content (AvgIpc) is 2.72. The molecule has 1 fully saturated rings. The average molecular weight is 286 g/mol. The summed E-state index contributed by atoms with van der Waals surface area (Å²) < 4.78 is 0. The van der Waals surface area contributed by atoms with Crippen LogP contribution in [0.25, 0.3) is 0 Å². The van der Waals surface area contributed by atoms with Crippen molar-refractivity contribution in [2.24, 2.45) is 0 Å². The molecule has 1 aromatic carbocycles. The van der Waals surface area contributed by atoms with Crippen LogP contribution in [-0.2, 0) is 4.79 Å². The van der Waals surface area contributed by atoms with E-state index < -0.39 is 5.97 Å². The summed E-state index contributed by atoms with van der Waals surface area (Å²) in [5.41, 5.74) is 0.893. The van der Waals surface area contributed by atoms with Gasteiger partial charge in [0.1, 0.15) is 6.54 Å². The number of carboxylic acid groups (broad SMARTS) is 1. The molecule has 0 radical (unpaired) electrons. The van der Waals surface area contributed by atoms with Crippen LogP contribution in [0.5, 0.6) is 0 Å². The number of halogens is 1.